The second-order valence-electron chi connectivity index (χ2n) is 7.24. The fraction of sp³-hybridized carbons (Fsp3) is 0.562. The summed E-state index contributed by atoms with van der Waals surface area (Å²) < 4.78 is 32.9. The number of carbonyl (C=O) groups excluding carboxylic acids is 2. The molecule has 0 aromatic carbocycles. The maximum absolute atomic E-state index is 12.0. The number of hydrogen-bond donors (Lipinski definition) is 2. The third kappa shape index (κ3) is 7.77. The van der Waals surface area contributed by atoms with Crippen molar-refractivity contribution < 1.29 is 27.3 Å². The Morgan fingerprint density at radius 2 is 1.93 bits per heavy atom. The molecule has 160 valence electrons. The van der Waals surface area contributed by atoms with Crippen LogP contribution in [0.1, 0.15) is 38.7 Å². The summed E-state index contributed by atoms with van der Waals surface area (Å²) in [6.07, 6.45) is 1.11. The molecule has 2 rings (SSSR count). The van der Waals surface area contributed by atoms with Gasteiger partial charge < -0.3 is 14.6 Å². The van der Waals surface area contributed by atoms with Gasteiger partial charge in [-0.25, -0.2) is 18.2 Å². The number of amides is 2. The van der Waals surface area contributed by atoms with Crippen LogP contribution in [0.5, 0.6) is 0 Å². The summed E-state index contributed by atoms with van der Waals surface area (Å²) in [4.78, 5) is 32.4. The Kier molecular flexibility index (Phi) is 6.95. The summed E-state index contributed by atoms with van der Waals surface area (Å²) in [5.41, 5.74) is -0.0435. The van der Waals surface area contributed by atoms with E-state index in [-0.39, 0.29) is 35.6 Å². The molecule has 29 heavy (non-hydrogen) atoms. The number of ether oxygens (including phenoxy) is 1. The van der Waals surface area contributed by atoms with Crippen molar-refractivity contribution in [2.75, 3.05) is 18.1 Å². The number of esters is 1. The molecular formula is C16H23N5O6S2. The standard InChI is InChI=1S/C16H23N5O6S2/c1-9-12(13-19-10(21-27-13)8-29(5,24)25)28-15(18-9)20-14(23)17-7-6-11(22)26-16(2,3)4/h6-8H2,1-5H3,(H2,17,18,20,23). The van der Waals surface area contributed by atoms with Crippen molar-refractivity contribution >= 4 is 38.3 Å². The average molecular weight is 446 g/mol. The molecule has 13 heteroatoms. The zero-order chi connectivity index (χ0) is 21.8. The van der Waals surface area contributed by atoms with Crippen LogP contribution < -0.4 is 10.6 Å². The first-order valence-electron chi connectivity index (χ1n) is 8.57. The first-order chi connectivity index (χ1) is 13.3. The fourth-order valence-corrected chi connectivity index (χ4v) is 3.57. The van der Waals surface area contributed by atoms with Gasteiger partial charge in [-0.05, 0) is 27.7 Å². The van der Waals surface area contributed by atoms with Crippen LogP contribution in [0.25, 0.3) is 10.8 Å². The average Bonchev–Trinajstić information content (AvgIpc) is 3.10. The molecule has 0 saturated heterocycles. The van der Waals surface area contributed by atoms with E-state index in [1.54, 1.807) is 27.7 Å². The number of nitrogens with zero attached hydrogens (tertiary/aromatic N) is 3. The Bertz CT molecular complexity index is 990. The molecule has 2 aromatic rings. The molecule has 0 fully saturated rings. The highest BCUT2D eigenvalue weighted by Gasteiger charge is 2.20. The van der Waals surface area contributed by atoms with Crippen molar-refractivity contribution in [3.8, 4) is 10.8 Å². The van der Waals surface area contributed by atoms with Gasteiger partial charge >= 0.3 is 12.0 Å². The molecule has 2 N–H and O–H groups in total. The number of nitrogens with one attached hydrogen (secondary N) is 2. The molecule has 0 atom stereocenters. The van der Waals surface area contributed by atoms with E-state index in [0.29, 0.717) is 10.6 Å². The highest BCUT2D eigenvalue weighted by Crippen LogP contribution is 2.31. The van der Waals surface area contributed by atoms with Gasteiger partial charge in [-0.2, -0.15) is 4.98 Å². The number of aryl methyl sites for hydroxylation is 1. The molecule has 2 heterocycles. The number of urea groups is 1. The quantitative estimate of drug-likeness (QED) is 0.608. The largest absolute Gasteiger partial charge is 0.460 e. The summed E-state index contributed by atoms with van der Waals surface area (Å²) in [6, 6.07) is -0.530. The monoisotopic (exact) mass is 445 g/mol. The molecule has 11 nitrogen and oxygen atoms in total. The maximum Gasteiger partial charge on any atom is 0.321 e. The van der Waals surface area contributed by atoms with E-state index in [2.05, 4.69) is 25.8 Å². The smallest absolute Gasteiger partial charge is 0.321 e. The van der Waals surface area contributed by atoms with E-state index >= 15 is 0 Å². The lowest BCUT2D eigenvalue weighted by atomic mass is 10.2. The lowest BCUT2D eigenvalue weighted by Crippen LogP contribution is -2.32. The third-order valence-corrected chi connectivity index (χ3v) is 4.95. The number of thiazole rings is 1. The van der Waals surface area contributed by atoms with Crippen LogP contribution >= 0.6 is 11.3 Å². The number of anilines is 1. The van der Waals surface area contributed by atoms with E-state index in [1.165, 1.54) is 0 Å². The molecule has 0 aliphatic carbocycles. The van der Waals surface area contributed by atoms with E-state index in [0.717, 1.165) is 17.6 Å². The van der Waals surface area contributed by atoms with Gasteiger partial charge in [0.15, 0.2) is 20.8 Å². The second-order valence-corrected chi connectivity index (χ2v) is 10.4. The van der Waals surface area contributed by atoms with Crippen molar-refractivity contribution in [3.63, 3.8) is 0 Å². The number of aromatic nitrogens is 3. The Morgan fingerprint density at radius 3 is 2.55 bits per heavy atom. The Balaban J connectivity index is 1.92. The molecule has 0 unspecified atom stereocenters. The van der Waals surface area contributed by atoms with Crippen LogP contribution in [0.3, 0.4) is 0 Å². The summed E-state index contributed by atoms with van der Waals surface area (Å²) >= 11 is 1.10. The first-order valence-corrected chi connectivity index (χ1v) is 11.4. The Labute approximate surface area is 172 Å². The lowest BCUT2D eigenvalue weighted by molar-refractivity contribution is -0.154. The first kappa shape index (κ1) is 22.7. The Hall–Kier alpha value is -2.54. The number of rotatable bonds is 7. The summed E-state index contributed by atoms with van der Waals surface area (Å²) in [5, 5.41) is 9.03. The minimum absolute atomic E-state index is 0.0396. The highest BCUT2D eigenvalue weighted by molar-refractivity contribution is 7.89. The van der Waals surface area contributed by atoms with Crippen LogP contribution in [-0.2, 0) is 25.1 Å². The molecule has 0 aliphatic heterocycles. The summed E-state index contributed by atoms with van der Waals surface area (Å²) in [5.74, 6) is -0.576. The molecule has 0 bridgehead atoms. The minimum atomic E-state index is -3.29. The van der Waals surface area contributed by atoms with Gasteiger partial charge in [-0.15, -0.1) is 0 Å². The van der Waals surface area contributed by atoms with Crippen molar-refractivity contribution in [2.45, 2.75) is 45.5 Å². The van der Waals surface area contributed by atoms with Crippen molar-refractivity contribution in [1.82, 2.24) is 20.4 Å². The van der Waals surface area contributed by atoms with Crippen molar-refractivity contribution in [1.29, 1.82) is 0 Å². The molecular weight excluding hydrogens is 422 g/mol. The predicted molar refractivity (Wildman–Crippen MR) is 106 cm³/mol. The van der Waals surface area contributed by atoms with Crippen molar-refractivity contribution in [3.05, 3.63) is 11.5 Å². The van der Waals surface area contributed by atoms with Gasteiger partial charge in [0.1, 0.15) is 16.2 Å². The second kappa shape index (κ2) is 8.86. The Morgan fingerprint density at radius 1 is 1.24 bits per heavy atom. The maximum atomic E-state index is 12.0. The van der Waals surface area contributed by atoms with E-state index in [1.807, 2.05) is 0 Å². The fourth-order valence-electron chi connectivity index (χ4n) is 2.10. The minimum Gasteiger partial charge on any atom is -0.460 e. The highest BCUT2D eigenvalue weighted by atomic mass is 32.2. The SMILES string of the molecule is Cc1nc(NC(=O)NCCC(=O)OC(C)(C)C)sc1-c1nc(CS(C)(=O)=O)no1. The van der Waals surface area contributed by atoms with E-state index < -0.39 is 27.4 Å². The number of sulfone groups is 1. The van der Waals surface area contributed by atoms with E-state index in [9.17, 15) is 18.0 Å². The normalized spacial score (nSPS) is 11.9. The van der Waals surface area contributed by atoms with Gasteiger partial charge in [0.05, 0.1) is 12.1 Å². The molecule has 2 amide bonds. The molecule has 0 spiro atoms. The zero-order valence-corrected chi connectivity index (χ0v) is 18.4. The lowest BCUT2D eigenvalue weighted by Gasteiger charge is -2.19. The zero-order valence-electron chi connectivity index (χ0n) is 16.7. The number of hydrogen-bond acceptors (Lipinski definition) is 10. The molecule has 0 radical (unpaired) electrons. The summed E-state index contributed by atoms with van der Waals surface area (Å²) in [6.45, 7) is 7.09. The van der Waals surface area contributed by atoms with Crippen LogP contribution in [0.4, 0.5) is 9.93 Å². The van der Waals surface area contributed by atoms with E-state index in [4.69, 9.17) is 9.26 Å². The van der Waals surface area contributed by atoms with Gasteiger partial charge in [-0.1, -0.05) is 16.5 Å². The molecule has 0 aliphatic rings. The van der Waals surface area contributed by atoms with Gasteiger partial charge in [0, 0.05) is 12.8 Å². The van der Waals surface area contributed by atoms with Gasteiger partial charge in [-0.3, -0.25) is 10.1 Å². The van der Waals surface area contributed by atoms with Crippen LogP contribution in [0, 0.1) is 6.92 Å². The topological polar surface area (TPSA) is 153 Å². The van der Waals surface area contributed by atoms with Crippen molar-refractivity contribution in [2.24, 2.45) is 0 Å². The summed E-state index contributed by atoms with van der Waals surface area (Å²) in [7, 11) is -3.29. The predicted octanol–water partition coefficient (Wildman–Crippen LogP) is 1.90. The van der Waals surface area contributed by atoms with Crippen LogP contribution in [0.15, 0.2) is 4.52 Å². The van der Waals surface area contributed by atoms with Gasteiger partial charge in [0.2, 0.25) is 0 Å². The third-order valence-electron chi connectivity index (χ3n) is 3.11. The number of carbonyl (C=O) groups is 2. The van der Waals surface area contributed by atoms with Crippen LogP contribution in [0.2, 0.25) is 0 Å². The van der Waals surface area contributed by atoms with Gasteiger partial charge in [0.25, 0.3) is 5.89 Å². The van der Waals surface area contributed by atoms with Crippen LogP contribution in [-0.4, -0.2) is 53.9 Å². The molecule has 0 saturated carbocycles. The molecule has 2 aromatic heterocycles.